The lowest BCUT2D eigenvalue weighted by Crippen LogP contribution is -1.94. The van der Waals surface area contributed by atoms with Crippen LogP contribution >= 0.6 is 11.8 Å². The van der Waals surface area contributed by atoms with E-state index in [1.807, 2.05) is 48.0 Å². The molecule has 4 rings (SSSR count). The van der Waals surface area contributed by atoms with Crippen molar-refractivity contribution in [2.45, 2.75) is 11.8 Å². The predicted molar refractivity (Wildman–Crippen MR) is 107 cm³/mol. The quantitative estimate of drug-likeness (QED) is 0.455. The summed E-state index contributed by atoms with van der Waals surface area (Å²) >= 11 is 1.68. The number of benzene rings is 2. The lowest BCUT2D eigenvalue weighted by molar-refractivity contribution is 0.386. The van der Waals surface area contributed by atoms with Crippen molar-refractivity contribution >= 4 is 17.5 Å². The first kappa shape index (κ1) is 17.5. The smallest absolute Gasteiger partial charge is 0.235 e. The number of aromatic nitrogens is 3. The fourth-order valence-electron chi connectivity index (χ4n) is 3.06. The first-order valence-electron chi connectivity index (χ1n) is 8.44. The van der Waals surface area contributed by atoms with Crippen molar-refractivity contribution in [3.8, 4) is 28.3 Å². The van der Waals surface area contributed by atoms with Gasteiger partial charge in [-0.2, -0.15) is 0 Å². The molecule has 2 aromatic heterocycles. The van der Waals surface area contributed by atoms with Gasteiger partial charge in [-0.1, -0.05) is 12.1 Å². The number of hydrogen-bond donors (Lipinski definition) is 0. The second kappa shape index (κ2) is 7.04. The highest BCUT2D eigenvalue weighted by molar-refractivity contribution is 7.98. The Labute approximate surface area is 161 Å². The number of fused-ring (bicyclic) bond motifs is 1. The van der Waals surface area contributed by atoms with E-state index in [0.29, 0.717) is 5.78 Å². The highest BCUT2D eigenvalue weighted by Crippen LogP contribution is 2.34. The van der Waals surface area contributed by atoms with Gasteiger partial charge in [0.15, 0.2) is 11.6 Å². The Bertz CT molecular complexity index is 1120. The Morgan fingerprint density at radius 2 is 1.74 bits per heavy atom. The summed E-state index contributed by atoms with van der Waals surface area (Å²) in [6.07, 6.45) is 3.96. The van der Waals surface area contributed by atoms with Crippen molar-refractivity contribution in [1.82, 2.24) is 14.4 Å². The number of methoxy groups -OCH3 is 1. The van der Waals surface area contributed by atoms with Gasteiger partial charge in [0.2, 0.25) is 5.78 Å². The van der Waals surface area contributed by atoms with Crippen LogP contribution in [0.1, 0.15) is 5.69 Å². The fraction of sp³-hybridized carbons (Fsp3) is 0.143. The van der Waals surface area contributed by atoms with Gasteiger partial charge >= 0.3 is 0 Å². The van der Waals surface area contributed by atoms with E-state index in [-0.39, 0.29) is 5.75 Å². The summed E-state index contributed by atoms with van der Waals surface area (Å²) in [6.45, 7) is 1.92. The number of nitrogens with zero attached hydrogens (tertiary/aromatic N) is 3. The zero-order valence-electron chi connectivity index (χ0n) is 15.2. The van der Waals surface area contributed by atoms with E-state index in [1.165, 1.54) is 18.1 Å². The monoisotopic (exact) mass is 379 g/mol. The minimum atomic E-state index is -0.409. The van der Waals surface area contributed by atoms with E-state index < -0.39 is 5.82 Å². The van der Waals surface area contributed by atoms with Crippen LogP contribution in [0.4, 0.5) is 4.39 Å². The molecule has 4 aromatic rings. The number of hydrogen-bond acceptors (Lipinski definition) is 4. The Kier molecular flexibility index (Phi) is 4.58. The van der Waals surface area contributed by atoms with E-state index >= 15 is 0 Å². The van der Waals surface area contributed by atoms with Crippen LogP contribution in [0, 0.1) is 12.7 Å². The maximum Gasteiger partial charge on any atom is 0.235 e. The molecule has 0 aliphatic rings. The second-order valence-corrected chi connectivity index (χ2v) is 7.01. The van der Waals surface area contributed by atoms with Gasteiger partial charge in [-0.15, -0.1) is 11.8 Å². The Morgan fingerprint density at radius 1 is 1.00 bits per heavy atom. The van der Waals surface area contributed by atoms with Crippen molar-refractivity contribution < 1.29 is 9.13 Å². The fourth-order valence-corrected chi connectivity index (χ4v) is 3.47. The Balaban J connectivity index is 1.97. The normalized spacial score (nSPS) is 11.1. The maximum absolute atomic E-state index is 14.4. The van der Waals surface area contributed by atoms with Gasteiger partial charge < -0.3 is 4.74 Å². The van der Waals surface area contributed by atoms with Crippen molar-refractivity contribution in [1.29, 1.82) is 0 Å². The molecule has 27 heavy (non-hydrogen) atoms. The summed E-state index contributed by atoms with van der Waals surface area (Å²) in [7, 11) is 1.46. The molecule has 0 radical (unpaired) electrons. The van der Waals surface area contributed by atoms with Crippen molar-refractivity contribution in [3.05, 3.63) is 66.2 Å². The molecule has 0 fully saturated rings. The molecule has 0 unspecified atom stereocenters. The van der Waals surface area contributed by atoms with E-state index in [1.54, 1.807) is 17.8 Å². The topological polar surface area (TPSA) is 39.4 Å². The molecule has 0 aliphatic carbocycles. The summed E-state index contributed by atoms with van der Waals surface area (Å²) in [5.41, 5.74) is 4.13. The first-order valence-corrected chi connectivity index (χ1v) is 9.67. The van der Waals surface area contributed by atoms with Gasteiger partial charge in [-0.3, -0.25) is 4.40 Å². The first-order chi connectivity index (χ1) is 13.1. The SMILES string of the molecule is COc1ccc(-c2c(-c3ccc(SC)cc3)nc3nc(C)ccn23)cc1F. The molecule has 0 atom stereocenters. The second-order valence-electron chi connectivity index (χ2n) is 6.13. The zero-order valence-corrected chi connectivity index (χ0v) is 16.0. The Hall–Kier alpha value is -2.86. The van der Waals surface area contributed by atoms with Crippen LogP contribution < -0.4 is 4.74 Å². The third kappa shape index (κ3) is 3.17. The van der Waals surface area contributed by atoms with Gasteiger partial charge in [-0.25, -0.2) is 14.4 Å². The summed E-state index contributed by atoms with van der Waals surface area (Å²) in [5.74, 6) is 0.395. The molecule has 0 spiro atoms. The highest BCUT2D eigenvalue weighted by Gasteiger charge is 2.18. The van der Waals surface area contributed by atoms with E-state index in [2.05, 4.69) is 17.1 Å². The molecule has 0 bridgehead atoms. The summed E-state index contributed by atoms with van der Waals surface area (Å²) in [4.78, 5) is 10.4. The molecule has 2 aromatic carbocycles. The third-order valence-corrected chi connectivity index (χ3v) is 5.17. The molecular formula is C21H18FN3OS. The summed E-state index contributed by atoms with van der Waals surface area (Å²) in [6, 6.07) is 15.0. The van der Waals surface area contributed by atoms with Crippen molar-refractivity contribution in [2.75, 3.05) is 13.4 Å². The van der Waals surface area contributed by atoms with Crippen LogP contribution in [0.3, 0.4) is 0 Å². The zero-order chi connectivity index (χ0) is 19.0. The average Bonchev–Trinajstić information content (AvgIpc) is 3.06. The van der Waals surface area contributed by atoms with Crippen molar-refractivity contribution in [3.63, 3.8) is 0 Å². The third-order valence-electron chi connectivity index (χ3n) is 4.42. The lowest BCUT2D eigenvalue weighted by atomic mass is 10.0. The van der Waals surface area contributed by atoms with Crippen LogP contribution in [0.25, 0.3) is 28.3 Å². The van der Waals surface area contributed by atoms with E-state index in [9.17, 15) is 4.39 Å². The van der Waals surface area contributed by atoms with Crippen LogP contribution in [-0.4, -0.2) is 27.7 Å². The van der Waals surface area contributed by atoms with Crippen LogP contribution in [0.2, 0.25) is 0 Å². The molecule has 2 heterocycles. The van der Waals surface area contributed by atoms with Gasteiger partial charge in [-0.05, 0) is 49.6 Å². The standard InChI is InChI=1S/C21H18FN3OS/c1-13-10-11-25-20(15-6-9-18(26-2)17(22)12-15)19(24-21(25)23-13)14-4-7-16(27-3)8-5-14/h4-12H,1-3H3. The van der Waals surface area contributed by atoms with Gasteiger partial charge in [0, 0.05) is 27.9 Å². The van der Waals surface area contributed by atoms with E-state index in [4.69, 9.17) is 9.72 Å². The average molecular weight is 379 g/mol. The summed E-state index contributed by atoms with van der Waals surface area (Å²) in [5, 5.41) is 0. The Morgan fingerprint density at radius 3 is 2.41 bits per heavy atom. The number of aryl methyl sites for hydroxylation is 1. The molecule has 0 aliphatic heterocycles. The van der Waals surface area contributed by atoms with Gasteiger partial charge in [0.05, 0.1) is 18.5 Å². The van der Waals surface area contributed by atoms with E-state index in [0.717, 1.165) is 28.2 Å². The molecule has 0 saturated carbocycles. The molecule has 136 valence electrons. The van der Waals surface area contributed by atoms with Crippen LogP contribution in [0.5, 0.6) is 5.75 Å². The highest BCUT2D eigenvalue weighted by atomic mass is 32.2. The van der Waals surface area contributed by atoms with Gasteiger partial charge in [0.1, 0.15) is 0 Å². The molecule has 0 N–H and O–H groups in total. The summed E-state index contributed by atoms with van der Waals surface area (Å²) < 4.78 is 21.3. The van der Waals surface area contributed by atoms with Crippen LogP contribution in [0.15, 0.2) is 59.6 Å². The molecule has 4 nitrogen and oxygen atoms in total. The maximum atomic E-state index is 14.4. The number of imidazole rings is 1. The largest absolute Gasteiger partial charge is 0.494 e. The number of halogens is 1. The molecule has 0 amide bonds. The predicted octanol–water partition coefficient (Wildman–Crippen LogP) is 5.24. The lowest BCUT2D eigenvalue weighted by Gasteiger charge is -2.08. The molecule has 0 saturated heterocycles. The van der Waals surface area contributed by atoms with Crippen molar-refractivity contribution in [2.24, 2.45) is 0 Å². The minimum Gasteiger partial charge on any atom is -0.494 e. The molecular weight excluding hydrogens is 361 g/mol. The number of thioether (sulfide) groups is 1. The van der Waals surface area contributed by atoms with Crippen LogP contribution in [-0.2, 0) is 0 Å². The number of rotatable bonds is 4. The minimum absolute atomic E-state index is 0.215. The number of ether oxygens (including phenoxy) is 1. The molecule has 6 heteroatoms. The van der Waals surface area contributed by atoms with Gasteiger partial charge in [0.25, 0.3) is 0 Å².